The molecule has 0 aliphatic rings. The molecular weight excluding hydrogens is 219 g/mol. The minimum atomic E-state index is -0.457. The average Bonchev–Trinajstić information content (AvgIpc) is 2.28. The highest BCUT2D eigenvalue weighted by Crippen LogP contribution is 2.17. The van der Waals surface area contributed by atoms with E-state index in [1.165, 1.54) is 10.7 Å². The number of benzene rings is 1. The Hall–Kier alpha value is -1.71. The van der Waals surface area contributed by atoms with Gasteiger partial charge in [-0.05, 0) is 38.0 Å². The maximum Gasteiger partial charge on any atom is 0.277 e. The molecule has 0 fully saturated rings. The summed E-state index contributed by atoms with van der Waals surface area (Å²) in [6.07, 6.45) is 2.29. The predicted molar refractivity (Wildman–Crippen MR) is 65.7 cm³/mol. The number of halogens is 1. The second-order valence-electron chi connectivity index (χ2n) is 4.38. The third kappa shape index (κ3) is 1.95. The fourth-order valence-electron chi connectivity index (χ4n) is 1.88. The van der Waals surface area contributed by atoms with E-state index in [0.29, 0.717) is 5.39 Å². The molecule has 17 heavy (non-hydrogen) atoms. The zero-order chi connectivity index (χ0) is 12.6. The van der Waals surface area contributed by atoms with Crippen LogP contribution in [-0.2, 0) is 6.42 Å². The number of aromatic nitrogens is 2. The van der Waals surface area contributed by atoms with Gasteiger partial charge in [0.15, 0.2) is 0 Å². The van der Waals surface area contributed by atoms with Gasteiger partial charge in [-0.15, -0.1) is 0 Å². The first-order valence-electron chi connectivity index (χ1n) is 5.74. The second kappa shape index (κ2) is 4.28. The summed E-state index contributed by atoms with van der Waals surface area (Å²) in [6.45, 7) is 5.64. The standard InChI is InChI=1S/C13H15FN2O/c1-4-9-5-10-7-15-16(8(2)3)13(17)12(10)11(14)6-9/h5-8H,4H2,1-3H3. The molecule has 0 saturated carbocycles. The molecule has 0 atom stereocenters. The highest BCUT2D eigenvalue weighted by Gasteiger charge is 2.11. The lowest BCUT2D eigenvalue weighted by Gasteiger charge is -2.10. The van der Waals surface area contributed by atoms with Gasteiger partial charge < -0.3 is 0 Å². The fourth-order valence-corrected chi connectivity index (χ4v) is 1.88. The average molecular weight is 234 g/mol. The molecule has 1 aromatic heterocycles. The summed E-state index contributed by atoms with van der Waals surface area (Å²) in [5.74, 6) is -0.457. The van der Waals surface area contributed by atoms with Crippen molar-refractivity contribution in [2.24, 2.45) is 0 Å². The molecule has 2 aromatic rings. The first-order chi connectivity index (χ1) is 8.04. The van der Waals surface area contributed by atoms with Gasteiger partial charge in [-0.1, -0.05) is 6.92 Å². The predicted octanol–water partition coefficient (Wildman–Crippen LogP) is 2.68. The molecule has 1 aromatic carbocycles. The van der Waals surface area contributed by atoms with Gasteiger partial charge in [0, 0.05) is 5.39 Å². The molecule has 0 unspecified atom stereocenters. The third-order valence-corrected chi connectivity index (χ3v) is 2.82. The van der Waals surface area contributed by atoms with Crippen LogP contribution in [0.15, 0.2) is 23.1 Å². The molecule has 0 aliphatic heterocycles. The second-order valence-corrected chi connectivity index (χ2v) is 4.38. The molecule has 0 radical (unpaired) electrons. The molecule has 0 bridgehead atoms. The van der Waals surface area contributed by atoms with Gasteiger partial charge >= 0.3 is 0 Å². The van der Waals surface area contributed by atoms with Crippen LogP contribution in [-0.4, -0.2) is 9.78 Å². The van der Waals surface area contributed by atoms with Crippen molar-refractivity contribution in [3.05, 3.63) is 40.1 Å². The molecule has 0 aliphatic carbocycles. The van der Waals surface area contributed by atoms with Crippen LogP contribution < -0.4 is 5.56 Å². The van der Waals surface area contributed by atoms with E-state index in [1.54, 1.807) is 6.20 Å². The lowest BCUT2D eigenvalue weighted by molar-refractivity contribution is 0.505. The van der Waals surface area contributed by atoms with Crippen molar-refractivity contribution in [1.29, 1.82) is 0 Å². The summed E-state index contributed by atoms with van der Waals surface area (Å²) in [4.78, 5) is 12.1. The monoisotopic (exact) mass is 234 g/mol. The maximum atomic E-state index is 13.9. The van der Waals surface area contributed by atoms with Crippen LogP contribution in [0.2, 0.25) is 0 Å². The first-order valence-corrected chi connectivity index (χ1v) is 5.74. The minimum Gasteiger partial charge on any atom is -0.267 e. The van der Waals surface area contributed by atoms with E-state index in [9.17, 15) is 9.18 Å². The van der Waals surface area contributed by atoms with E-state index >= 15 is 0 Å². The van der Waals surface area contributed by atoms with Crippen molar-refractivity contribution in [1.82, 2.24) is 9.78 Å². The third-order valence-electron chi connectivity index (χ3n) is 2.82. The number of rotatable bonds is 2. The van der Waals surface area contributed by atoms with Crippen molar-refractivity contribution in [3.63, 3.8) is 0 Å². The Morgan fingerprint density at radius 3 is 2.71 bits per heavy atom. The molecule has 4 heteroatoms. The van der Waals surface area contributed by atoms with Crippen LogP contribution in [0.1, 0.15) is 32.4 Å². The Morgan fingerprint density at radius 2 is 2.12 bits per heavy atom. The van der Waals surface area contributed by atoms with Crippen molar-refractivity contribution >= 4 is 10.8 Å². The van der Waals surface area contributed by atoms with Gasteiger partial charge in [0.05, 0.1) is 17.6 Å². The number of nitrogens with zero attached hydrogens (tertiary/aromatic N) is 2. The molecule has 3 nitrogen and oxygen atoms in total. The highest BCUT2D eigenvalue weighted by atomic mass is 19.1. The van der Waals surface area contributed by atoms with Gasteiger partial charge in [0.25, 0.3) is 5.56 Å². The first kappa shape index (κ1) is 11.8. The van der Waals surface area contributed by atoms with Crippen LogP contribution in [0.3, 0.4) is 0 Å². The maximum absolute atomic E-state index is 13.9. The van der Waals surface area contributed by atoms with E-state index in [-0.39, 0.29) is 17.0 Å². The Bertz CT molecular complexity index is 617. The molecule has 0 amide bonds. The smallest absolute Gasteiger partial charge is 0.267 e. The summed E-state index contributed by atoms with van der Waals surface area (Å²) in [5.41, 5.74) is 0.510. The Labute approximate surface area is 98.9 Å². The summed E-state index contributed by atoms with van der Waals surface area (Å²) in [6, 6.07) is 3.17. The summed E-state index contributed by atoms with van der Waals surface area (Å²) in [5, 5.41) is 4.76. The molecular formula is C13H15FN2O. The number of hydrogen-bond acceptors (Lipinski definition) is 2. The lowest BCUT2D eigenvalue weighted by Crippen LogP contribution is -2.25. The van der Waals surface area contributed by atoms with E-state index in [1.807, 2.05) is 26.8 Å². The quantitative estimate of drug-likeness (QED) is 0.800. The Morgan fingerprint density at radius 1 is 1.41 bits per heavy atom. The largest absolute Gasteiger partial charge is 0.277 e. The van der Waals surface area contributed by atoms with Crippen molar-refractivity contribution in [3.8, 4) is 0 Å². The highest BCUT2D eigenvalue weighted by molar-refractivity contribution is 5.82. The van der Waals surface area contributed by atoms with Crippen molar-refractivity contribution in [2.75, 3.05) is 0 Å². The Balaban J connectivity index is 2.83. The number of aryl methyl sites for hydroxylation is 1. The van der Waals surface area contributed by atoms with Crippen LogP contribution >= 0.6 is 0 Å². The molecule has 0 N–H and O–H groups in total. The van der Waals surface area contributed by atoms with Gasteiger partial charge in [-0.2, -0.15) is 5.10 Å². The fraction of sp³-hybridized carbons (Fsp3) is 0.385. The zero-order valence-corrected chi connectivity index (χ0v) is 10.2. The van der Waals surface area contributed by atoms with Crippen molar-refractivity contribution < 1.29 is 4.39 Å². The Kier molecular flexibility index (Phi) is 2.96. The minimum absolute atomic E-state index is 0.0721. The lowest BCUT2D eigenvalue weighted by atomic mass is 10.1. The molecule has 2 rings (SSSR count). The molecule has 1 heterocycles. The SMILES string of the molecule is CCc1cc(F)c2c(=O)n(C(C)C)ncc2c1. The molecule has 90 valence electrons. The van der Waals surface area contributed by atoms with Crippen molar-refractivity contribution in [2.45, 2.75) is 33.2 Å². The normalized spacial score (nSPS) is 11.4. The van der Waals surface area contributed by atoms with Gasteiger partial charge in [-0.3, -0.25) is 4.79 Å². The topological polar surface area (TPSA) is 34.9 Å². The summed E-state index contributed by atoms with van der Waals surface area (Å²) >= 11 is 0. The van der Waals surface area contributed by atoms with E-state index in [0.717, 1.165) is 12.0 Å². The number of fused-ring (bicyclic) bond motifs is 1. The van der Waals surface area contributed by atoms with Gasteiger partial charge in [0.1, 0.15) is 5.82 Å². The van der Waals surface area contributed by atoms with Crippen LogP contribution in [0.25, 0.3) is 10.8 Å². The van der Waals surface area contributed by atoms with E-state index in [4.69, 9.17) is 0 Å². The van der Waals surface area contributed by atoms with Crippen LogP contribution in [0.4, 0.5) is 4.39 Å². The molecule has 0 saturated heterocycles. The van der Waals surface area contributed by atoms with Crippen LogP contribution in [0, 0.1) is 5.82 Å². The summed E-state index contributed by atoms with van der Waals surface area (Å²) in [7, 11) is 0. The van der Waals surface area contributed by atoms with E-state index in [2.05, 4.69) is 5.10 Å². The van der Waals surface area contributed by atoms with Gasteiger partial charge in [-0.25, -0.2) is 9.07 Å². The molecule has 0 spiro atoms. The number of hydrogen-bond donors (Lipinski definition) is 0. The van der Waals surface area contributed by atoms with Gasteiger partial charge in [0.2, 0.25) is 0 Å². The van der Waals surface area contributed by atoms with E-state index < -0.39 is 5.82 Å². The zero-order valence-electron chi connectivity index (χ0n) is 10.2. The van der Waals surface area contributed by atoms with Crippen LogP contribution in [0.5, 0.6) is 0 Å². The summed E-state index contributed by atoms with van der Waals surface area (Å²) < 4.78 is 15.2.